The largest absolute Gasteiger partial charge is 0.493 e. The maximum atomic E-state index is 10.9. The Labute approximate surface area is 96.4 Å². The van der Waals surface area contributed by atoms with Crippen LogP contribution in [0.2, 0.25) is 0 Å². The van der Waals surface area contributed by atoms with Gasteiger partial charge in [-0.15, -0.1) is 0 Å². The molecular weight excluding hydrogens is 204 g/mol. The van der Waals surface area contributed by atoms with Gasteiger partial charge in [0.1, 0.15) is 5.75 Å². The minimum absolute atomic E-state index is 0.248. The third kappa shape index (κ3) is 3.26. The summed E-state index contributed by atoms with van der Waals surface area (Å²) in [5, 5.41) is 0. The van der Waals surface area contributed by atoms with E-state index >= 15 is 0 Å². The molecule has 0 N–H and O–H groups in total. The van der Waals surface area contributed by atoms with Crippen molar-refractivity contribution in [3.05, 3.63) is 28.8 Å². The van der Waals surface area contributed by atoms with E-state index in [4.69, 9.17) is 4.74 Å². The highest BCUT2D eigenvalue weighted by Gasteiger charge is 2.05. The second kappa shape index (κ2) is 5.54. The average Bonchev–Trinajstić information content (AvgIpc) is 2.24. The van der Waals surface area contributed by atoms with Gasteiger partial charge in [0, 0.05) is 0 Å². The molecule has 0 aliphatic heterocycles. The normalized spacial score (nSPS) is 10.0. The highest BCUT2D eigenvalue weighted by atomic mass is 16.5. The Balaban J connectivity index is 2.63. The van der Waals surface area contributed by atoms with Gasteiger partial charge in [-0.25, -0.2) is 0 Å². The van der Waals surface area contributed by atoms with Gasteiger partial charge in [0.15, 0.2) is 0 Å². The number of benzene rings is 1. The first kappa shape index (κ1) is 12.6. The van der Waals surface area contributed by atoms with Crippen LogP contribution < -0.4 is 4.74 Å². The number of hydrogen-bond acceptors (Lipinski definition) is 3. The summed E-state index contributed by atoms with van der Waals surface area (Å²) in [5.74, 6) is 0.600. The fourth-order valence-corrected chi connectivity index (χ4v) is 1.50. The molecule has 0 radical (unpaired) electrons. The fraction of sp³-hybridized carbons (Fsp3) is 0.462. The summed E-state index contributed by atoms with van der Waals surface area (Å²) < 4.78 is 10.1. The summed E-state index contributed by atoms with van der Waals surface area (Å²) in [5.41, 5.74) is 3.49. The van der Waals surface area contributed by atoms with E-state index in [1.165, 1.54) is 12.7 Å². The Morgan fingerprint density at radius 3 is 2.56 bits per heavy atom. The predicted molar refractivity (Wildman–Crippen MR) is 62.8 cm³/mol. The maximum absolute atomic E-state index is 10.9. The molecular formula is C13H18O3. The van der Waals surface area contributed by atoms with Crippen LogP contribution in [0.4, 0.5) is 0 Å². The van der Waals surface area contributed by atoms with Crippen LogP contribution in [0.15, 0.2) is 12.1 Å². The van der Waals surface area contributed by atoms with Gasteiger partial charge in [-0.1, -0.05) is 6.07 Å². The SMILES string of the molecule is COC(=O)CCOc1cc(C)cc(C)c1C. The van der Waals surface area contributed by atoms with Crippen LogP contribution >= 0.6 is 0 Å². The summed E-state index contributed by atoms with van der Waals surface area (Å²) >= 11 is 0. The van der Waals surface area contributed by atoms with Gasteiger partial charge >= 0.3 is 5.97 Å². The minimum Gasteiger partial charge on any atom is -0.493 e. The molecule has 0 spiro atoms. The lowest BCUT2D eigenvalue weighted by molar-refractivity contribution is -0.141. The molecule has 0 aliphatic rings. The highest BCUT2D eigenvalue weighted by Crippen LogP contribution is 2.23. The molecule has 88 valence electrons. The third-order valence-electron chi connectivity index (χ3n) is 2.56. The summed E-state index contributed by atoms with van der Waals surface area (Å²) in [7, 11) is 1.38. The number of rotatable bonds is 4. The van der Waals surface area contributed by atoms with Gasteiger partial charge in [0.05, 0.1) is 20.1 Å². The van der Waals surface area contributed by atoms with Crippen molar-refractivity contribution in [3.8, 4) is 5.75 Å². The first-order valence-electron chi connectivity index (χ1n) is 5.32. The van der Waals surface area contributed by atoms with Gasteiger partial charge in [0.2, 0.25) is 0 Å². The molecule has 0 aromatic heterocycles. The smallest absolute Gasteiger partial charge is 0.308 e. The van der Waals surface area contributed by atoms with Crippen LogP contribution in [0.5, 0.6) is 5.75 Å². The van der Waals surface area contributed by atoms with Crippen molar-refractivity contribution in [3.63, 3.8) is 0 Å². The second-order valence-corrected chi connectivity index (χ2v) is 3.88. The predicted octanol–water partition coefficient (Wildman–Crippen LogP) is 2.55. The maximum Gasteiger partial charge on any atom is 0.308 e. The van der Waals surface area contributed by atoms with Gasteiger partial charge in [-0.3, -0.25) is 4.79 Å². The van der Waals surface area contributed by atoms with Crippen LogP contribution in [0.1, 0.15) is 23.1 Å². The Kier molecular flexibility index (Phi) is 4.35. The van der Waals surface area contributed by atoms with Crippen molar-refractivity contribution < 1.29 is 14.3 Å². The van der Waals surface area contributed by atoms with Crippen LogP contribution in [0.3, 0.4) is 0 Å². The first-order chi connectivity index (χ1) is 7.54. The molecule has 0 atom stereocenters. The van der Waals surface area contributed by atoms with Gasteiger partial charge in [-0.2, -0.15) is 0 Å². The molecule has 1 aromatic carbocycles. The molecule has 0 bridgehead atoms. The zero-order valence-corrected chi connectivity index (χ0v) is 10.3. The Morgan fingerprint density at radius 1 is 1.25 bits per heavy atom. The van der Waals surface area contributed by atoms with Crippen molar-refractivity contribution in [2.75, 3.05) is 13.7 Å². The van der Waals surface area contributed by atoms with E-state index in [1.807, 2.05) is 19.9 Å². The van der Waals surface area contributed by atoms with E-state index in [1.54, 1.807) is 0 Å². The van der Waals surface area contributed by atoms with E-state index < -0.39 is 0 Å². The van der Waals surface area contributed by atoms with E-state index in [2.05, 4.69) is 17.7 Å². The van der Waals surface area contributed by atoms with Crippen LogP contribution in [0, 0.1) is 20.8 Å². The Hall–Kier alpha value is -1.51. The van der Waals surface area contributed by atoms with Crippen molar-refractivity contribution in [1.29, 1.82) is 0 Å². The lowest BCUT2D eigenvalue weighted by Gasteiger charge is -2.11. The Morgan fingerprint density at radius 2 is 1.94 bits per heavy atom. The van der Waals surface area contributed by atoms with Crippen molar-refractivity contribution >= 4 is 5.97 Å². The zero-order chi connectivity index (χ0) is 12.1. The molecule has 0 heterocycles. The van der Waals surface area contributed by atoms with Gasteiger partial charge < -0.3 is 9.47 Å². The highest BCUT2D eigenvalue weighted by molar-refractivity contribution is 5.69. The lowest BCUT2D eigenvalue weighted by atomic mass is 10.1. The van der Waals surface area contributed by atoms with E-state index in [-0.39, 0.29) is 12.4 Å². The molecule has 0 saturated carbocycles. The van der Waals surface area contributed by atoms with Crippen LogP contribution in [-0.4, -0.2) is 19.7 Å². The molecule has 1 aromatic rings. The van der Waals surface area contributed by atoms with Crippen LogP contribution in [-0.2, 0) is 9.53 Å². The van der Waals surface area contributed by atoms with E-state index in [0.717, 1.165) is 16.9 Å². The fourth-order valence-electron chi connectivity index (χ4n) is 1.50. The van der Waals surface area contributed by atoms with Crippen LogP contribution in [0.25, 0.3) is 0 Å². The number of hydrogen-bond donors (Lipinski definition) is 0. The molecule has 1 rings (SSSR count). The molecule has 0 aliphatic carbocycles. The third-order valence-corrected chi connectivity index (χ3v) is 2.56. The topological polar surface area (TPSA) is 35.5 Å². The van der Waals surface area contributed by atoms with Crippen molar-refractivity contribution in [2.45, 2.75) is 27.2 Å². The number of aryl methyl sites for hydroxylation is 2. The number of esters is 1. The lowest BCUT2D eigenvalue weighted by Crippen LogP contribution is -2.08. The molecule has 0 unspecified atom stereocenters. The molecule has 3 heteroatoms. The number of carbonyl (C=O) groups is 1. The van der Waals surface area contributed by atoms with Crippen molar-refractivity contribution in [2.24, 2.45) is 0 Å². The number of methoxy groups -OCH3 is 1. The summed E-state index contributed by atoms with van der Waals surface area (Å²) in [6.45, 7) is 6.45. The summed E-state index contributed by atoms with van der Waals surface area (Å²) in [6, 6.07) is 4.10. The monoisotopic (exact) mass is 222 g/mol. The quantitative estimate of drug-likeness (QED) is 0.734. The minimum atomic E-state index is -0.248. The molecule has 0 saturated heterocycles. The summed E-state index contributed by atoms with van der Waals surface area (Å²) in [6.07, 6.45) is 0.281. The first-order valence-corrected chi connectivity index (χ1v) is 5.32. The molecule has 0 amide bonds. The van der Waals surface area contributed by atoms with E-state index in [0.29, 0.717) is 6.61 Å². The van der Waals surface area contributed by atoms with Gasteiger partial charge in [0.25, 0.3) is 0 Å². The Bertz CT molecular complexity index is 383. The number of ether oxygens (including phenoxy) is 2. The molecule has 3 nitrogen and oxygen atoms in total. The van der Waals surface area contributed by atoms with Gasteiger partial charge in [-0.05, 0) is 43.5 Å². The average molecular weight is 222 g/mol. The second-order valence-electron chi connectivity index (χ2n) is 3.88. The molecule has 0 fully saturated rings. The molecule has 16 heavy (non-hydrogen) atoms. The van der Waals surface area contributed by atoms with Crippen molar-refractivity contribution in [1.82, 2.24) is 0 Å². The summed E-state index contributed by atoms with van der Waals surface area (Å²) in [4.78, 5) is 10.9. The zero-order valence-electron chi connectivity index (χ0n) is 10.3. The number of carbonyl (C=O) groups excluding carboxylic acids is 1. The van der Waals surface area contributed by atoms with E-state index in [9.17, 15) is 4.79 Å². The standard InChI is InChI=1S/C13H18O3/c1-9-7-10(2)11(3)12(8-9)16-6-5-13(14)15-4/h7-8H,5-6H2,1-4H3.